The fourth-order valence-corrected chi connectivity index (χ4v) is 2.81. The number of hydrogen-bond acceptors (Lipinski definition) is 3. The molecule has 0 bridgehead atoms. The van der Waals surface area contributed by atoms with Crippen molar-refractivity contribution in [1.82, 2.24) is 5.32 Å². The van der Waals surface area contributed by atoms with E-state index >= 15 is 0 Å². The normalized spacial score (nSPS) is 22.1. The molecule has 1 N–H and O–H groups in total. The minimum atomic E-state index is -0.342. The number of hydrogen-bond donors (Lipinski definition) is 1. The van der Waals surface area contributed by atoms with Crippen molar-refractivity contribution in [3.63, 3.8) is 0 Å². The maximum absolute atomic E-state index is 11.9. The Hall–Kier alpha value is -1.55. The summed E-state index contributed by atoms with van der Waals surface area (Å²) in [7, 11) is 0. The SMILES string of the molecule is CC(C)(C)OC1CCCC(NC(=O)OCc2ccccc2)C1. The van der Waals surface area contributed by atoms with Crippen LogP contribution in [0.4, 0.5) is 4.79 Å². The molecule has 1 aromatic carbocycles. The van der Waals surface area contributed by atoms with Crippen LogP contribution in [-0.2, 0) is 16.1 Å². The van der Waals surface area contributed by atoms with E-state index in [1.54, 1.807) is 0 Å². The van der Waals surface area contributed by atoms with Gasteiger partial charge in [0.05, 0.1) is 11.7 Å². The van der Waals surface area contributed by atoms with E-state index in [2.05, 4.69) is 26.1 Å². The first-order chi connectivity index (χ1) is 10.4. The number of ether oxygens (including phenoxy) is 2. The van der Waals surface area contributed by atoms with Crippen LogP contribution in [-0.4, -0.2) is 23.8 Å². The molecular weight excluding hydrogens is 278 g/mol. The second-order valence-corrected chi connectivity index (χ2v) is 6.92. The van der Waals surface area contributed by atoms with E-state index in [-0.39, 0.29) is 23.8 Å². The number of rotatable bonds is 4. The lowest BCUT2D eigenvalue weighted by Crippen LogP contribution is -2.42. The molecule has 1 aliphatic carbocycles. The zero-order chi connectivity index (χ0) is 16.0. The Kier molecular flexibility index (Phi) is 5.83. The molecule has 4 nitrogen and oxygen atoms in total. The summed E-state index contributed by atoms with van der Waals surface area (Å²) in [6.07, 6.45) is 3.86. The third kappa shape index (κ3) is 6.06. The van der Waals surface area contributed by atoms with Crippen molar-refractivity contribution >= 4 is 6.09 Å². The molecule has 0 saturated heterocycles. The van der Waals surface area contributed by atoms with Crippen molar-refractivity contribution in [2.24, 2.45) is 0 Å². The van der Waals surface area contributed by atoms with E-state index < -0.39 is 0 Å². The number of amides is 1. The molecule has 0 aromatic heterocycles. The minimum absolute atomic E-state index is 0.139. The van der Waals surface area contributed by atoms with Crippen LogP contribution < -0.4 is 5.32 Å². The highest BCUT2D eigenvalue weighted by atomic mass is 16.5. The molecule has 2 rings (SSSR count). The van der Waals surface area contributed by atoms with Gasteiger partial charge in [0.25, 0.3) is 0 Å². The molecule has 1 saturated carbocycles. The smallest absolute Gasteiger partial charge is 0.407 e. The standard InChI is InChI=1S/C18H27NO3/c1-18(2,3)22-16-11-7-10-15(12-16)19-17(20)21-13-14-8-5-4-6-9-14/h4-6,8-9,15-16H,7,10-13H2,1-3H3,(H,19,20). The van der Waals surface area contributed by atoms with Gasteiger partial charge in [0.2, 0.25) is 0 Å². The monoisotopic (exact) mass is 305 g/mol. The van der Waals surface area contributed by atoms with Crippen molar-refractivity contribution in [1.29, 1.82) is 0 Å². The first-order valence-corrected chi connectivity index (χ1v) is 8.07. The highest BCUT2D eigenvalue weighted by Gasteiger charge is 2.27. The quantitative estimate of drug-likeness (QED) is 0.913. The molecule has 0 spiro atoms. The average Bonchev–Trinajstić information content (AvgIpc) is 2.45. The Morgan fingerprint density at radius 2 is 1.95 bits per heavy atom. The predicted molar refractivity (Wildman–Crippen MR) is 86.6 cm³/mol. The maximum atomic E-state index is 11.9. The van der Waals surface area contributed by atoms with Gasteiger partial charge in [-0.15, -0.1) is 0 Å². The molecule has 22 heavy (non-hydrogen) atoms. The molecule has 2 unspecified atom stereocenters. The van der Waals surface area contributed by atoms with E-state index in [9.17, 15) is 4.79 Å². The Balaban J connectivity index is 1.74. The molecule has 122 valence electrons. The number of nitrogens with one attached hydrogen (secondary N) is 1. The lowest BCUT2D eigenvalue weighted by molar-refractivity contribution is -0.0772. The van der Waals surface area contributed by atoms with Gasteiger partial charge >= 0.3 is 6.09 Å². The van der Waals surface area contributed by atoms with Crippen LogP contribution >= 0.6 is 0 Å². The summed E-state index contributed by atoms with van der Waals surface area (Å²) in [4.78, 5) is 11.9. The maximum Gasteiger partial charge on any atom is 0.407 e. The van der Waals surface area contributed by atoms with Crippen LogP contribution in [0.1, 0.15) is 52.0 Å². The van der Waals surface area contributed by atoms with Crippen LogP contribution in [0.2, 0.25) is 0 Å². The van der Waals surface area contributed by atoms with Gasteiger partial charge in [0, 0.05) is 6.04 Å². The average molecular weight is 305 g/mol. The molecule has 1 amide bonds. The molecule has 4 heteroatoms. The van der Waals surface area contributed by atoms with Crippen LogP contribution in [0, 0.1) is 0 Å². The lowest BCUT2D eigenvalue weighted by atomic mass is 9.92. The van der Waals surface area contributed by atoms with Gasteiger partial charge < -0.3 is 14.8 Å². The number of alkyl carbamates (subject to hydrolysis) is 1. The van der Waals surface area contributed by atoms with Crippen molar-refractivity contribution in [3.05, 3.63) is 35.9 Å². The van der Waals surface area contributed by atoms with Gasteiger partial charge in [0.15, 0.2) is 0 Å². The van der Waals surface area contributed by atoms with E-state index in [1.807, 2.05) is 30.3 Å². The first-order valence-electron chi connectivity index (χ1n) is 8.07. The highest BCUT2D eigenvalue weighted by Crippen LogP contribution is 2.25. The van der Waals surface area contributed by atoms with Crippen LogP contribution in [0.5, 0.6) is 0 Å². The zero-order valence-electron chi connectivity index (χ0n) is 13.8. The van der Waals surface area contributed by atoms with E-state index in [0.717, 1.165) is 31.2 Å². The van der Waals surface area contributed by atoms with Gasteiger partial charge in [-0.3, -0.25) is 0 Å². The van der Waals surface area contributed by atoms with Gasteiger partial charge in [-0.05, 0) is 52.0 Å². The Morgan fingerprint density at radius 3 is 2.64 bits per heavy atom. The second kappa shape index (κ2) is 7.63. The van der Waals surface area contributed by atoms with E-state index in [0.29, 0.717) is 6.61 Å². The van der Waals surface area contributed by atoms with Crippen LogP contribution in [0.25, 0.3) is 0 Å². The Morgan fingerprint density at radius 1 is 1.23 bits per heavy atom. The minimum Gasteiger partial charge on any atom is -0.445 e. The van der Waals surface area contributed by atoms with Crippen molar-refractivity contribution in [3.8, 4) is 0 Å². The molecule has 0 radical (unpaired) electrons. The summed E-state index contributed by atoms with van der Waals surface area (Å²) < 4.78 is 11.3. The summed E-state index contributed by atoms with van der Waals surface area (Å²) >= 11 is 0. The fraction of sp³-hybridized carbons (Fsp3) is 0.611. The molecule has 0 heterocycles. The molecule has 2 atom stereocenters. The van der Waals surface area contributed by atoms with Crippen LogP contribution in [0.15, 0.2) is 30.3 Å². The summed E-state index contributed by atoms with van der Waals surface area (Å²) in [5.41, 5.74) is 0.857. The lowest BCUT2D eigenvalue weighted by Gasteiger charge is -2.34. The molecule has 0 aliphatic heterocycles. The molecular formula is C18H27NO3. The summed E-state index contributed by atoms with van der Waals surface area (Å²) in [6.45, 7) is 6.51. The molecule has 1 fully saturated rings. The highest BCUT2D eigenvalue weighted by molar-refractivity contribution is 5.67. The summed E-state index contributed by atoms with van der Waals surface area (Å²) in [5, 5.41) is 2.96. The van der Waals surface area contributed by atoms with E-state index in [1.165, 1.54) is 0 Å². The largest absolute Gasteiger partial charge is 0.445 e. The van der Waals surface area contributed by atoms with Crippen molar-refractivity contribution in [2.75, 3.05) is 0 Å². The third-order valence-electron chi connectivity index (χ3n) is 3.68. The Labute approximate surface area is 133 Å². The van der Waals surface area contributed by atoms with Gasteiger partial charge in [-0.2, -0.15) is 0 Å². The number of benzene rings is 1. The Bertz CT molecular complexity index is 467. The second-order valence-electron chi connectivity index (χ2n) is 6.92. The fourth-order valence-electron chi connectivity index (χ4n) is 2.81. The van der Waals surface area contributed by atoms with Gasteiger partial charge in [-0.25, -0.2) is 4.79 Å². The van der Waals surface area contributed by atoms with Crippen LogP contribution in [0.3, 0.4) is 0 Å². The molecule has 1 aromatic rings. The topological polar surface area (TPSA) is 47.6 Å². The summed E-state index contributed by atoms with van der Waals surface area (Å²) in [6, 6.07) is 9.85. The van der Waals surface area contributed by atoms with E-state index in [4.69, 9.17) is 9.47 Å². The van der Waals surface area contributed by atoms with Gasteiger partial charge in [0.1, 0.15) is 6.61 Å². The van der Waals surface area contributed by atoms with Gasteiger partial charge in [-0.1, -0.05) is 30.3 Å². The zero-order valence-corrected chi connectivity index (χ0v) is 13.8. The number of carbonyl (C=O) groups excluding carboxylic acids is 1. The predicted octanol–water partition coefficient (Wildman–Crippen LogP) is 4.04. The summed E-state index contributed by atoms with van der Waals surface area (Å²) in [5.74, 6) is 0. The number of carbonyl (C=O) groups is 1. The van der Waals surface area contributed by atoms with Crippen molar-refractivity contribution in [2.45, 2.75) is 70.8 Å². The molecule has 1 aliphatic rings. The first kappa shape index (κ1) is 16.8. The van der Waals surface area contributed by atoms with Crippen molar-refractivity contribution < 1.29 is 14.3 Å². The third-order valence-corrected chi connectivity index (χ3v) is 3.68.